The van der Waals surface area contributed by atoms with Gasteiger partial charge in [0.15, 0.2) is 0 Å². The molecule has 18 heavy (non-hydrogen) atoms. The predicted octanol–water partition coefficient (Wildman–Crippen LogP) is 2.35. The van der Waals surface area contributed by atoms with E-state index in [4.69, 9.17) is 5.73 Å². The van der Waals surface area contributed by atoms with Crippen LogP contribution in [-0.4, -0.2) is 28.7 Å². The van der Waals surface area contributed by atoms with E-state index >= 15 is 0 Å². The number of anilines is 1. The van der Waals surface area contributed by atoms with Crippen molar-refractivity contribution in [2.45, 2.75) is 45.3 Å². The molecule has 2 rings (SSSR count). The summed E-state index contributed by atoms with van der Waals surface area (Å²) >= 11 is 0. The molecule has 1 unspecified atom stereocenters. The topological polar surface area (TPSA) is 49.5 Å². The number of hydrogen-bond donors (Lipinski definition) is 2. The first-order valence-electron chi connectivity index (χ1n) is 6.75. The largest absolute Gasteiger partial charge is 0.399 e. The molecule has 0 saturated heterocycles. The Bertz CT molecular complexity index is 423. The van der Waals surface area contributed by atoms with Gasteiger partial charge in [-0.25, -0.2) is 0 Å². The van der Waals surface area contributed by atoms with Gasteiger partial charge in [-0.3, -0.25) is 4.90 Å². The fourth-order valence-electron chi connectivity index (χ4n) is 2.93. The van der Waals surface area contributed by atoms with Crippen LogP contribution in [0.5, 0.6) is 0 Å². The van der Waals surface area contributed by atoms with E-state index in [0.717, 1.165) is 25.1 Å². The van der Waals surface area contributed by atoms with Crippen molar-refractivity contribution in [1.29, 1.82) is 0 Å². The Morgan fingerprint density at radius 2 is 2.17 bits per heavy atom. The average molecular weight is 248 g/mol. The second-order valence-corrected chi connectivity index (χ2v) is 5.89. The van der Waals surface area contributed by atoms with Crippen LogP contribution < -0.4 is 5.73 Å². The highest BCUT2D eigenvalue weighted by molar-refractivity contribution is 5.47. The number of aryl methyl sites for hydroxylation is 1. The second kappa shape index (κ2) is 4.90. The van der Waals surface area contributed by atoms with Gasteiger partial charge in [0.2, 0.25) is 0 Å². The number of aliphatic hydroxyl groups is 1. The van der Waals surface area contributed by atoms with Crippen molar-refractivity contribution in [3.63, 3.8) is 0 Å². The van der Waals surface area contributed by atoms with E-state index in [9.17, 15) is 5.11 Å². The number of nitrogens with two attached hydrogens (primary N) is 1. The smallest absolute Gasteiger partial charge is 0.0718 e. The molecule has 0 heterocycles. The highest BCUT2D eigenvalue weighted by Crippen LogP contribution is 2.37. The van der Waals surface area contributed by atoms with Crippen LogP contribution in [0.4, 0.5) is 5.69 Å². The van der Waals surface area contributed by atoms with Gasteiger partial charge >= 0.3 is 0 Å². The molecule has 1 aliphatic carbocycles. The molecule has 1 aromatic rings. The van der Waals surface area contributed by atoms with E-state index in [2.05, 4.69) is 24.0 Å². The molecule has 0 radical (unpaired) electrons. The molecule has 0 aromatic heterocycles. The van der Waals surface area contributed by atoms with E-state index in [1.165, 1.54) is 11.1 Å². The summed E-state index contributed by atoms with van der Waals surface area (Å²) in [5.74, 6) is 0. The molecule has 0 bridgehead atoms. The molecule has 0 spiro atoms. The SMILES string of the molecule is CCN(CC(C)(C)O)C1CCc2cc(N)ccc21. The number of nitrogens with zero attached hydrogens (tertiary/aromatic N) is 1. The van der Waals surface area contributed by atoms with Crippen LogP contribution in [0.15, 0.2) is 18.2 Å². The zero-order valence-corrected chi connectivity index (χ0v) is 11.6. The Morgan fingerprint density at radius 3 is 2.78 bits per heavy atom. The van der Waals surface area contributed by atoms with Crippen LogP contribution in [0.25, 0.3) is 0 Å². The van der Waals surface area contributed by atoms with Crippen molar-refractivity contribution >= 4 is 5.69 Å². The molecule has 0 amide bonds. The van der Waals surface area contributed by atoms with E-state index in [1.54, 1.807) is 0 Å². The zero-order valence-electron chi connectivity index (χ0n) is 11.6. The molecule has 1 aromatic carbocycles. The zero-order chi connectivity index (χ0) is 13.3. The van der Waals surface area contributed by atoms with Gasteiger partial charge in [0.1, 0.15) is 0 Å². The van der Waals surface area contributed by atoms with E-state index in [0.29, 0.717) is 12.6 Å². The minimum atomic E-state index is -0.646. The summed E-state index contributed by atoms with van der Waals surface area (Å²) in [5, 5.41) is 10.0. The van der Waals surface area contributed by atoms with Gasteiger partial charge in [0.05, 0.1) is 5.60 Å². The third-order valence-corrected chi connectivity index (χ3v) is 3.65. The van der Waals surface area contributed by atoms with Gasteiger partial charge < -0.3 is 10.8 Å². The van der Waals surface area contributed by atoms with Gasteiger partial charge in [-0.1, -0.05) is 13.0 Å². The van der Waals surface area contributed by atoms with Crippen LogP contribution in [0.1, 0.15) is 44.4 Å². The quantitative estimate of drug-likeness (QED) is 0.804. The molecule has 0 saturated carbocycles. The maximum Gasteiger partial charge on any atom is 0.0718 e. The van der Waals surface area contributed by atoms with Gasteiger partial charge in [-0.05, 0) is 56.5 Å². The van der Waals surface area contributed by atoms with Gasteiger partial charge in [-0.2, -0.15) is 0 Å². The Balaban J connectivity index is 2.21. The predicted molar refractivity (Wildman–Crippen MR) is 75.5 cm³/mol. The second-order valence-electron chi connectivity index (χ2n) is 5.89. The summed E-state index contributed by atoms with van der Waals surface area (Å²) in [4.78, 5) is 2.36. The molecular formula is C15H24N2O. The molecule has 3 N–H and O–H groups in total. The molecular weight excluding hydrogens is 224 g/mol. The Kier molecular flexibility index (Phi) is 3.64. The van der Waals surface area contributed by atoms with Crippen LogP contribution in [-0.2, 0) is 6.42 Å². The van der Waals surface area contributed by atoms with E-state index in [-0.39, 0.29) is 0 Å². The maximum absolute atomic E-state index is 10.0. The van der Waals surface area contributed by atoms with Gasteiger partial charge in [0, 0.05) is 18.3 Å². The lowest BCUT2D eigenvalue weighted by Crippen LogP contribution is -2.40. The van der Waals surface area contributed by atoms with Crippen molar-refractivity contribution in [3.8, 4) is 0 Å². The molecule has 100 valence electrons. The minimum absolute atomic E-state index is 0.428. The van der Waals surface area contributed by atoms with Crippen molar-refractivity contribution in [3.05, 3.63) is 29.3 Å². The third-order valence-electron chi connectivity index (χ3n) is 3.65. The fraction of sp³-hybridized carbons (Fsp3) is 0.600. The highest BCUT2D eigenvalue weighted by atomic mass is 16.3. The number of likely N-dealkylation sites (N-methyl/N-ethyl adjacent to an activating group) is 1. The Morgan fingerprint density at radius 1 is 1.44 bits per heavy atom. The lowest BCUT2D eigenvalue weighted by atomic mass is 10.0. The summed E-state index contributed by atoms with van der Waals surface area (Å²) in [6.07, 6.45) is 2.22. The summed E-state index contributed by atoms with van der Waals surface area (Å²) < 4.78 is 0. The standard InChI is InChI=1S/C15H24N2O/c1-4-17(10-15(2,3)18)14-8-5-11-9-12(16)6-7-13(11)14/h6-7,9,14,18H,4-5,8,10,16H2,1-3H3. The number of benzene rings is 1. The Labute approximate surface area is 110 Å². The summed E-state index contributed by atoms with van der Waals surface area (Å²) in [6, 6.07) is 6.65. The van der Waals surface area contributed by atoms with Crippen LogP contribution in [0, 0.1) is 0 Å². The molecule has 0 aliphatic heterocycles. The highest BCUT2D eigenvalue weighted by Gasteiger charge is 2.29. The van der Waals surface area contributed by atoms with Crippen molar-refractivity contribution in [2.24, 2.45) is 0 Å². The molecule has 0 fully saturated rings. The van der Waals surface area contributed by atoms with Gasteiger partial charge in [0.25, 0.3) is 0 Å². The monoisotopic (exact) mass is 248 g/mol. The normalized spacial score (nSPS) is 19.3. The summed E-state index contributed by atoms with van der Waals surface area (Å²) in [6.45, 7) is 7.56. The van der Waals surface area contributed by atoms with Crippen molar-refractivity contribution in [1.82, 2.24) is 4.90 Å². The number of fused-ring (bicyclic) bond motifs is 1. The lowest BCUT2D eigenvalue weighted by Gasteiger charge is -2.33. The average Bonchev–Trinajstić information content (AvgIpc) is 2.67. The Hall–Kier alpha value is -1.06. The molecule has 1 aliphatic rings. The molecule has 1 atom stereocenters. The van der Waals surface area contributed by atoms with Crippen LogP contribution in [0.3, 0.4) is 0 Å². The number of nitrogen functional groups attached to an aromatic ring is 1. The first-order chi connectivity index (χ1) is 8.40. The maximum atomic E-state index is 10.0. The summed E-state index contributed by atoms with van der Waals surface area (Å²) in [5.41, 5.74) is 8.79. The van der Waals surface area contributed by atoms with Crippen molar-refractivity contribution < 1.29 is 5.11 Å². The first kappa shape index (κ1) is 13.4. The lowest BCUT2D eigenvalue weighted by molar-refractivity contribution is 0.0224. The van der Waals surface area contributed by atoms with Gasteiger partial charge in [-0.15, -0.1) is 0 Å². The molecule has 3 heteroatoms. The fourth-order valence-corrected chi connectivity index (χ4v) is 2.93. The summed E-state index contributed by atoms with van der Waals surface area (Å²) in [7, 11) is 0. The number of hydrogen-bond acceptors (Lipinski definition) is 3. The first-order valence-corrected chi connectivity index (χ1v) is 6.75. The van der Waals surface area contributed by atoms with Crippen LogP contribution in [0.2, 0.25) is 0 Å². The number of rotatable bonds is 4. The minimum Gasteiger partial charge on any atom is -0.399 e. The van der Waals surface area contributed by atoms with E-state index < -0.39 is 5.60 Å². The van der Waals surface area contributed by atoms with E-state index in [1.807, 2.05) is 19.9 Å². The van der Waals surface area contributed by atoms with Crippen molar-refractivity contribution in [2.75, 3.05) is 18.8 Å². The molecule has 3 nitrogen and oxygen atoms in total. The van der Waals surface area contributed by atoms with Crippen LogP contribution >= 0.6 is 0 Å². The third kappa shape index (κ3) is 2.85.